The molecule has 3 rings (SSSR count). The fourth-order valence-corrected chi connectivity index (χ4v) is 3.77. The Labute approximate surface area is 179 Å². The molecule has 1 aromatic heterocycles. The number of nitrogens with one attached hydrogen (secondary N) is 2. The molecule has 0 spiro atoms. The van der Waals surface area contributed by atoms with Gasteiger partial charge in [-0.05, 0) is 50.8 Å². The fourth-order valence-electron chi connectivity index (χ4n) is 3.77. The molecule has 0 aliphatic carbocycles. The molecule has 7 heteroatoms. The van der Waals surface area contributed by atoms with E-state index in [1.807, 2.05) is 28.6 Å². The summed E-state index contributed by atoms with van der Waals surface area (Å²) in [6, 6.07) is 10.4. The molecule has 0 fully saturated rings. The maximum Gasteiger partial charge on any atom is 0.223 e. The molecular formula is C23H34N6O. The second-order valence-electron chi connectivity index (χ2n) is 7.81. The second-order valence-corrected chi connectivity index (χ2v) is 7.81. The smallest absolute Gasteiger partial charge is 0.223 e. The van der Waals surface area contributed by atoms with Gasteiger partial charge in [0, 0.05) is 51.4 Å². The Morgan fingerprint density at radius 2 is 1.87 bits per heavy atom. The summed E-state index contributed by atoms with van der Waals surface area (Å²) in [5.74, 6) is 1.03. The highest BCUT2D eigenvalue weighted by Gasteiger charge is 2.22. The van der Waals surface area contributed by atoms with Gasteiger partial charge in [0.05, 0.1) is 5.69 Å². The number of amides is 1. The zero-order valence-electron chi connectivity index (χ0n) is 18.4. The van der Waals surface area contributed by atoms with Gasteiger partial charge in [0.2, 0.25) is 5.91 Å². The molecule has 30 heavy (non-hydrogen) atoms. The summed E-state index contributed by atoms with van der Waals surface area (Å²) in [7, 11) is 0. The average molecular weight is 411 g/mol. The van der Waals surface area contributed by atoms with Gasteiger partial charge in [-0.3, -0.25) is 14.5 Å². The largest absolute Gasteiger partial charge is 0.357 e. The van der Waals surface area contributed by atoms with Crippen LogP contribution in [0.15, 0.2) is 35.3 Å². The third kappa shape index (κ3) is 6.08. The van der Waals surface area contributed by atoms with Gasteiger partial charge in [-0.2, -0.15) is 5.10 Å². The molecule has 0 atom stereocenters. The zero-order chi connectivity index (χ0) is 21.3. The molecule has 0 saturated carbocycles. The highest BCUT2D eigenvalue weighted by molar-refractivity contribution is 5.80. The van der Waals surface area contributed by atoms with Crippen LogP contribution in [0.4, 0.5) is 0 Å². The monoisotopic (exact) mass is 410 g/mol. The number of rotatable bonds is 9. The van der Waals surface area contributed by atoms with E-state index in [0.717, 1.165) is 63.8 Å². The molecule has 7 nitrogen and oxygen atoms in total. The Bertz CT molecular complexity index is 847. The predicted molar refractivity (Wildman–Crippen MR) is 120 cm³/mol. The van der Waals surface area contributed by atoms with Crippen molar-refractivity contribution in [2.75, 3.05) is 19.6 Å². The fraction of sp³-hybridized carbons (Fsp3) is 0.522. The van der Waals surface area contributed by atoms with Crippen molar-refractivity contribution in [3.63, 3.8) is 0 Å². The summed E-state index contributed by atoms with van der Waals surface area (Å²) >= 11 is 0. The van der Waals surface area contributed by atoms with E-state index in [4.69, 9.17) is 0 Å². The number of guanidine groups is 1. The lowest BCUT2D eigenvalue weighted by Gasteiger charge is -2.16. The molecule has 0 bridgehead atoms. The van der Waals surface area contributed by atoms with Gasteiger partial charge < -0.3 is 15.5 Å². The number of benzene rings is 1. The highest BCUT2D eigenvalue weighted by atomic mass is 16.2. The number of aryl methyl sites for hydroxylation is 3. The average Bonchev–Trinajstić information content (AvgIpc) is 3.30. The lowest BCUT2D eigenvalue weighted by atomic mass is 10.1. The highest BCUT2D eigenvalue weighted by Crippen LogP contribution is 2.22. The number of hydrogen-bond acceptors (Lipinski definition) is 3. The van der Waals surface area contributed by atoms with Crippen LogP contribution in [0.25, 0.3) is 0 Å². The summed E-state index contributed by atoms with van der Waals surface area (Å²) < 4.78 is 2.04. The maximum atomic E-state index is 12.5. The Morgan fingerprint density at radius 3 is 2.50 bits per heavy atom. The molecule has 2 N–H and O–H groups in total. The van der Waals surface area contributed by atoms with Crippen LogP contribution in [0.1, 0.15) is 48.7 Å². The van der Waals surface area contributed by atoms with Gasteiger partial charge in [-0.25, -0.2) is 0 Å². The van der Waals surface area contributed by atoms with Crippen LogP contribution in [-0.2, 0) is 24.4 Å². The molecule has 1 aliphatic rings. The summed E-state index contributed by atoms with van der Waals surface area (Å²) in [6.07, 6.45) is 2.28. The molecule has 0 unspecified atom stereocenters. The molecule has 1 aromatic carbocycles. The second kappa shape index (κ2) is 10.8. The molecule has 162 valence electrons. The van der Waals surface area contributed by atoms with Gasteiger partial charge in [0.15, 0.2) is 5.96 Å². The third-order valence-electron chi connectivity index (χ3n) is 5.30. The maximum absolute atomic E-state index is 12.5. The topological polar surface area (TPSA) is 74.5 Å². The number of hydrogen-bond donors (Lipinski definition) is 2. The van der Waals surface area contributed by atoms with E-state index in [1.54, 1.807) is 0 Å². The molecule has 1 amide bonds. The van der Waals surface area contributed by atoms with Crippen molar-refractivity contribution in [2.45, 2.75) is 59.7 Å². The number of carbonyl (C=O) groups is 1. The van der Waals surface area contributed by atoms with Crippen LogP contribution in [0.2, 0.25) is 0 Å². The first kappa shape index (κ1) is 21.9. The van der Waals surface area contributed by atoms with Crippen molar-refractivity contribution in [1.29, 1.82) is 0 Å². The van der Waals surface area contributed by atoms with Gasteiger partial charge in [0.1, 0.15) is 0 Å². The first-order valence-electron chi connectivity index (χ1n) is 10.9. The standard InChI is InChI=1S/C23H34N6O/c1-4-24-23(26-13-8-14-29-19(3)15-18(2)27-29)25-12-7-11-22(30)28-16-20-9-5-6-10-21(20)17-28/h5-6,9-10,15H,4,7-8,11-14,16-17H2,1-3H3,(H2,24,25,26). The first-order chi connectivity index (χ1) is 14.6. The molecule has 2 heterocycles. The Hall–Kier alpha value is -2.83. The molecule has 0 saturated heterocycles. The number of fused-ring (bicyclic) bond motifs is 1. The minimum Gasteiger partial charge on any atom is -0.357 e. The van der Waals surface area contributed by atoms with Gasteiger partial charge in [0.25, 0.3) is 0 Å². The van der Waals surface area contributed by atoms with E-state index in [2.05, 4.69) is 52.8 Å². The number of carbonyl (C=O) groups excluding carboxylic acids is 1. The van der Waals surface area contributed by atoms with Crippen molar-refractivity contribution in [1.82, 2.24) is 25.3 Å². The quantitative estimate of drug-likeness (QED) is 0.379. The van der Waals surface area contributed by atoms with Crippen LogP contribution in [-0.4, -0.2) is 46.2 Å². The number of aromatic nitrogens is 2. The van der Waals surface area contributed by atoms with E-state index in [0.29, 0.717) is 6.42 Å². The van der Waals surface area contributed by atoms with Crippen molar-refractivity contribution in [3.8, 4) is 0 Å². The summed E-state index contributed by atoms with van der Waals surface area (Å²) in [5.41, 5.74) is 4.78. The van der Waals surface area contributed by atoms with Gasteiger partial charge in [-0.1, -0.05) is 24.3 Å². The van der Waals surface area contributed by atoms with E-state index < -0.39 is 0 Å². The van der Waals surface area contributed by atoms with E-state index in [1.165, 1.54) is 16.8 Å². The van der Waals surface area contributed by atoms with E-state index in [-0.39, 0.29) is 5.91 Å². The lowest BCUT2D eigenvalue weighted by Crippen LogP contribution is -2.38. The lowest BCUT2D eigenvalue weighted by molar-refractivity contribution is -0.131. The summed E-state index contributed by atoms with van der Waals surface area (Å²) in [6.45, 7) is 10.8. The van der Waals surface area contributed by atoms with Gasteiger partial charge >= 0.3 is 0 Å². The number of aliphatic imine (C=N–C) groups is 1. The van der Waals surface area contributed by atoms with E-state index >= 15 is 0 Å². The van der Waals surface area contributed by atoms with Crippen LogP contribution < -0.4 is 10.6 Å². The van der Waals surface area contributed by atoms with Gasteiger partial charge in [-0.15, -0.1) is 0 Å². The number of nitrogens with zero attached hydrogens (tertiary/aromatic N) is 4. The van der Waals surface area contributed by atoms with Crippen LogP contribution >= 0.6 is 0 Å². The van der Waals surface area contributed by atoms with Crippen molar-refractivity contribution < 1.29 is 4.79 Å². The molecular weight excluding hydrogens is 376 g/mol. The van der Waals surface area contributed by atoms with Crippen molar-refractivity contribution in [2.24, 2.45) is 4.99 Å². The molecule has 1 aliphatic heterocycles. The minimum absolute atomic E-state index is 0.222. The van der Waals surface area contributed by atoms with Crippen LogP contribution in [0.5, 0.6) is 0 Å². The molecule has 2 aromatic rings. The van der Waals surface area contributed by atoms with Crippen molar-refractivity contribution >= 4 is 11.9 Å². The Morgan fingerprint density at radius 1 is 1.13 bits per heavy atom. The SMILES string of the molecule is CCNC(=NCCCn1nc(C)cc1C)NCCCC(=O)N1Cc2ccccc2C1. The third-order valence-corrected chi connectivity index (χ3v) is 5.30. The molecule has 0 radical (unpaired) electrons. The normalized spacial score (nSPS) is 13.4. The zero-order valence-corrected chi connectivity index (χ0v) is 18.4. The van der Waals surface area contributed by atoms with Crippen molar-refractivity contribution in [3.05, 3.63) is 52.8 Å². The summed E-state index contributed by atoms with van der Waals surface area (Å²) in [5, 5.41) is 11.1. The first-order valence-corrected chi connectivity index (χ1v) is 10.9. The van der Waals surface area contributed by atoms with E-state index in [9.17, 15) is 4.79 Å². The minimum atomic E-state index is 0.222. The predicted octanol–water partition coefficient (Wildman–Crippen LogP) is 2.77. The summed E-state index contributed by atoms with van der Waals surface area (Å²) in [4.78, 5) is 19.1. The van der Waals surface area contributed by atoms with Crippen LogP contribution in [0.3, 0.4) is 0 Å². The Balaban J connectivity index is 1.35. The van der Waals surface area contributed by atoms with Crippen LogP contribution in [0, 0.1) is 13.8 Å². The Kier molecular flexibility index (Phi) is 7.88.